The van der Waals surface area contributed by atoms with E-state index in [0.717, 1.165) is 51.7 Å². The molecule has 2 heterocycles. The first-order chi connectivity index (χ1) is 8.16. The van der Waals surface area contributed by atoms with Crippen LogP contribution >= 0.6 is 0 Å². The Morgan fingerprint density at radius 2 is 1.47 bits per heavy atom. The fraction of sp³-hybridized carbons (Fsp3) is 0.923. The molecule has 0 bridgehead atoms. The maximum Gasteiger partial charge on any atom is 0.320 e. The van der Waals surface area contributed by atoms with Crippen molar-refractivity contribution in [2.45, 2.75) is 26.7 Å². The zero-order chi connectivity index (χ0) is 12.3. The van der Waals surface area contributed by atoms with Crippen LogP contribution in [0.25, 0.3) is 0 Å². The summed E-state index contributed by atoms with van der Waals surface area (Å²) < 4.78 is 0. The Balaban J connectivity index is 1.76. The van der Waals surface area contributed by atoms with Gasteiger partial charge in [-0.3, -0.25) is 4.90 Å². The highest BCUT2D eigenvalue weighted by molar-refractivity contribution is 5.74. The number of urea groups is 1. The van der Waals surface area contributed by atoms with Gasteiger partial charge < -0.3 is 9.80 Å². The van der Waals surface area contributed by atoms with Crippen LogP contribution in [0.15, 0.2) is 0 Å². The van der Waals surface area contributed by atoms with Gasteiger partial charge in [-0.1, -0.05) is 13.8 Å². The Morgan fingerprint density at radius 3 is 2.00 bits per heavy atom. The monoisotopic (exact) mass is 239 g/mol. The predicted molar refractivity (Wildman–Crippen MR) is 69.1 cm³/mol. The van der Waals surface area contributed by atoms with Gasteiger partial charge in [0, 0.05) is 45.8 Å². The van der Waals surface area contributed by atoms with E-state index in [0.29, 0.717) is 0 Å². The average Bonchev–Trinajstić information content (AvgIpc) is 2.82. The van der Waals surface area contributed by atoms with Crippen LogP contribution in [0, 0.1) is 5.92 Å². The van der Waals surface area contributed by atoms with Gasteiger partial charge in [0.05, 0.1) is 0 Å². The van der Waals surface area contributed by atoms with Gasteiger partial charge in [-0.25, -0.2) is 4.79 Å². The molecule has 0 aromatic carbocycles. The lowest BCUT2D eigenvalue weighted by Gasteiger charge is -2.37. The van der Waals surface area contributed by atoms with Crippen LogP contribution in [0.2, 0.25) is 0 Å². The predicted octanol–water partition coefficient (Wildman–Crippen LogP) is 1.48. The molecule has 2 rings (SSSR count). The molecule has 0 aromatic rings. The van der Waals surface area contributed by atoms with Crippen molar-refractivity contribution in [3.8, 4) is 0 Å². The molecule has 0 aliphatic carbocycles. The molecule has 0 atom stereocenters. The first kappa shape index (κ1) is 12.7. The molecular weight excluding hydrogens is 214 g/mol. The highest BCUT2D eigenvalue weighted by atomic mass is 16.2. The lowest BCUT2D eigenvalue weighted by molar-refractivity contribution is 0.112. The maximum atomic E-state index is 12.2. The third-order valence-corrected chi connectivity index (χ3v) is 3.64. The quantitative estimate of drug-likeness (QED) is 0.729. The molecule has 4 heteroatoms. The standard InChI is InChI=1S/C13H25N3O/c1-12(2)11-14-7-9-16(10-8-14)13(17)15-5-3-4-6-15/h12H,3-11H2,1-2H3. The van der Waals surface area contributed by atoms with Gasteiger partial charge in [-0.2, -0.15) is 0 Å². The zero-order valence-electron chi connectivity index (χ0n) is 11.2. The van der Waals surface area contributed by atoms with Crippen molar-refractivity contribution in [1.29, 1.82) is 0 Å². The van der Waals surface area contributed by atoms with Gasteiger partial charge in [-0.05, 0) is 18.8 Å². The van der Waals surface area contributed by atoms with Crippen molar-refractivity contribution < 1.29 is 4.79 Å². The molecule has 0 unspecified atom stereocenters. The topological polar surface area (TPSA) is 26.8 Å². The Labute approximate surface area is 105 Å². The normalized spacial score (nSPS) is 22.5. The summed E-state index contributed by atoms with van der Waals surface area (Å²) in [6.45, 7) is 11.5. The second-order valence-electron chi connectivity index (χ2n) is 5.66. The van der Waals surface area contributed by atoms with Gasteiger partial charge in [-0.15, -0.1) is 0 Å². The average molecular weight is 239 g/mol. The van der Waals surface area contributed by atoms with Gasteiger partial charge >= 0.3 is 6.03 Å². The Kier molecular flexibility index (Phi) is 4.26. The van der Waals surface area contributed by atoms with Crippen molar-refractivity contribution in [2.75, 3.05) is 45.8 Å². The van der Waals surface area contributed by atoms with Gasteiger partial charge in [0.25, 0.3) is 0 Å². The molecule has 0 aromatic heterocycles. The summed E-state index contributed by atoms with van der Waals surface area (Å²) in [5.41, 5.74) is 0. The van der Waals surface area contributed by atoms with Crippen molar-refractivity contribution in [3.05, 3.63) is 0 Å². The number of rotatable bonds is 2. The summed E-state index contributed by atoms with van der Waals surface area (Å²) in [6.07, 6.45) is 2.36. The molecule has 2 aliphatic rings. The van der Waals surface area contributed by atoms with E-state index in [1.54, 1.807) is 0 Å². The SMILES string of the molecule is CC(C)CN1CCN(C(=O)N2CCCC2)CC1. The van der Waals surface area contributed by atoms with Crippen molar-refractivity contribution in [3.63, 3.8) is 0 Å². The highest BCUT2D eigenvalue weighted by Crippen LogP contribution is 2.13. The van der Waals surface area contributed by atoms with E-state index in [1.807, 2.05) is 9.80 Å². The van der Waals surface area contributed by atoms with Crippen LogP contribution in [0.5, 0.6) is 0 Å². The molecule has 98 valence electrons. The highest BCUT2D eigenvalue weighted by Gasteiger charge is 2.26. The molecule has 2 amide bonds. The third kappa shape index (κ3) is 3.35. The number of nitrogens with zero attached hydrogens (tertiary/aromatic N) is 3. The van der Waals surface area contributed by atoms with Crippen molar-refractivity contribution in [1.82, 2.24) is 14.7 Å². The van der Waals surface area contributed by atoms with E-state index in [9.17, 15) is 4.79 Å². The molecule has 2 fully saturated rings. The minimum atomic E-state index is 0.270. The van der Waals surface area contributed by atoms with Crippen LogP contribution in [0.3, 0.4) is 0 Å². The first-order valence-electron chi connectivity index (χ1n) is 6.93. The minimum absolute atomic E-state index is 0.270. The van der Waals surface area contributed by atoms with Crippen molar-refractivity contribution >= 4 is 6.03 Å². The maximum absolute atomic E-state index is 12.2. The molecule has 0 N–H and O–H groups in total. The van der Waals surface area contributed by atoms with E-state index in [2.05, 4.69) is 18.7 Å². The first-order valence-corrected chi connectivity index (χ1v) is 6.93. The summed E-state index contributed by atoms with van der Waals surface area (Å²) in [7, 11) is 0. The van der Waals surface area contributed by atoms with Crippen molar-refractivity contribution in [2.24, 2.45) is 5.92 Å². The molecule has 0 saturated carbocycles. The fourth-order valence-corrected chi connectivity index (χ4v) is 2.75. The lowest BCUT2D eigenvalue weighted by atomic mass is 10.2. The number of amides is 2. The number of carbonyl (C=O) groups is 1. The van der Waals surface area contributed by atoms with Crippen LogP contribution in [0.4, 0.5) is 4.79 Å². The Morgan fingerprint density at radius 1 is 0.941 bits per heavy atom. The lowest BCUT2D eigenvalue weighted by Crippen LogP contribution is -2.52. The van der Waals surface area contributed by atoms with E-state index in [-0.39, 0.29) is 6.03 Å². The fourth-order valence-electron chi connectivity index (χ4n) is 2.75. The minimum Gasteiger partial charge on any atom is -0.325 e. The summed E-state index contributed by atoms with van der Waals surface area (Å²) in [4.78, 5) is 18.7. The Hall–Kier alpha value is -0.770. The van der Waals surface area contributed by atoms with Gasteiger partial charge in [0.1, 0.15) is 0 Å². The number of hydrogen-bond acceptors (Lipinski definition) is 2. The second kappa shape index (κ2) is 5.71. The van der Waals surface area contributed by atoms with E-state index < -0.39 is 0 Å². The summed E-state index contributed by atoms with van der Waals surface area (Å²) in [5.74, 6) is 0.718. The molecular formula is C13H25N3O. The molecule has 0 spiro atoms. The Bertz CT molecular complexity index is 253. The van der Waals surface area contributed by atoms with Gasteiger partial charge in [0.15, 0.2) is 0 Å². The molecule has 2 aliphatic heterocycles. The van der Waals surface area contributed by atoms with E-state index >= 15 is 0 Å². The number of likely N-dealkylation sites (tertiary alicyclic amines) is 1. The molecule has 17 heavy (non-hydrogen) atoms. The number of carbonyl (C=O) groups excluding carboxylic acids is 1. The van der Waals surface area contributed by atoms with E-state index in [1.165, 1.54) is 12.8 Å². The number of piperazine rings is 1. The molecule has 2 saturated heterocycles. The zero-order valence-corrected chi connectivity index (χ0v) is 11.2. The summed E-state index contributed by atoms with van der Waals surface area (Å²) in [5, 5.41) is 0. The number of hydrogen-bond donors (Lipinski definition) is 0. The molecule has 0 radical (unpaired) electrons. The largest absolute Gasteiger partial charge is 0.325 e. The molecule has 4 nitrogen and oxygen atoms in total. The summed E-state index contributed by atoms with van der Waals surface area (Å²) >= 11 is 0. The smallest absolute Gasteiger partial charge is 0.320 e. The van der Waals surface area contributed by atoms with Crippen LogP contribution in [0.1, 0.15) is 26.7 Å². The van der Waals surface area contributed by atoms with E-state index in [4.69, 9.17) is 0 Å². The van der Waals surface area contributed by atoms with Crippen LogP contribution < -0.4 is 0 Å². The third-order valence-electron chi connectivity index (χ3n) is 3.64. The van der Waals surface area contributed by atoms with Crippen LogP contribution in [-0.2, 0) is 0 Å². The van der Waals surface area contributed by atoms with Crippen LogP contribution in [-0.4, -0.2) is 66.5 Å². The summed E-state index contributed by atoms with van der Waals surface area (Å²) in [6, 6.07) is 0.270. The second-order valence-corrected chi connectivity index (χ2v) is 5.66. The van der Waals surface area contributed by atoms with Gasteiger partial charge in [0.2, 0.25) is 0 Å².